The molecule has 0 bridgehead atoms. The largest absolute Gasteiger partial charge is 0.508 e. The van der Waals surface area contributed by atoms with Gasteiger partial charge in [0.05, 0.1) is 0 Å². The topological polar surface area (TPSA) is 70.7 Å². The van der Waals surface area contributed by atoms with Crippen LogP contribution in [0.3, 0.4) is 0 Å². The predicted molar refractivity (Wildman–Crippen MR) is 98.7 cm³/mol. The van der Waals surface area contributed by atoms with Gasteiger partial charge in [-0.05, 0) is 48.9 Å². The molecule has 3 aromatic rings. The van der Waals surface area contributed by atoms with Gasteiger partial charge in [-0.15, -0.1) is 0 Å². The number of nitrogens with zero attached hydrogens (tertiary/aromatic N) is 4. The summed E-state index contributed by atoms with van der Waals surface area (Å²) in [5.41, 5.74) is 2.81. The second-order valence-corrected chi connectivity index (χ2v) is 7.10. The molecule has 1 aromatic carbocycles. The average molecular weight is 371 g/mol. The van der Waals surface area contributed by atoms with E-state index < -0.39 is 0 Å². The van der Waals surface area contributed by atoms with E-state index in [0.29, 0.717) is 29.7 Å². The summed E-state index contributed by atoms with van der Waals surface area (Å²) in [6, 6.07) is 7.35. The molecule has 3 heterocycles. The zero-order chi connectivity index (χ0) is 18.3. The van der Waals surface area contributed by atoms with Crippen LogP contribution in [0.1, 0.15) is 40.4 Å². The van der Waals surface area contributed by atoms with Gasteiger partial charge in [-0.3, -0.25) is 4.79 Å². The Morgan fingerprint density at radius 3 is 2.81 bits per heavy atom. The Balaban J connectivity index is 1.51. The third-order valence-corrected chi connectivity index (χ3v) is 5.22. The fraction of sp³-hybridized carbons (Fsp3) is 0.316. The molecule has 0 atom stereocenters. The smallest absolute Gasteiger partial charge is 0.276 e. The summed E-state index contributed by atoms with van der Waals surface area (Å²) in [6.45, 7) is 3.18. The Kier molecular flexibility index (Phi) is 4.28. The molecule has 134 valence electrons. The fourth-order valence-corrected chi connectivity index (χ4v) is 3.74. The quantitative estimate of drug-likeness (QED) is 0.750. The summed E-state index contributed by atoms with van der Waals surface area (Å²) in [6.07, 6.45) is 5.20. The Bertz CT molecular complexity index is 977. The molecule has 4 rings (SSSR count). The molecular weight excluding hydrogens is 352 g/mol. The first-order valence-electron chi connectivity index (χ1n) is 8.61. The van der Waals surface area contributed by atoms with Gasteiger partial charge < -0.3 is 10.0 Å². The highest BCUT2D eigenvalue weighted by Crippen LogP contribution is 2.31. The maximum Gasteiger partial charge on any atom is 0.276 e. The molecule has 0 spiro atoms. The standard InChI is InChI=1S/C19H19ClN4O2/c1-12-10-21-18-16(20)17(22-24(18)11-12)19(26)23-7-5-13(6-8-23)14-3-2-4-15(25)9-14/h2-4,9-11,13,25H,5-8H2,1H3. The van der Waals surface area contributed by atoms with Gasteiger partial charge in [0.15, 0.2) is 11.3 Å². The van der Waals surface area contributed by atoms with Crippen molar-refractivity contribution in [3.8, 4) is 5.75 Å². The van der Waals surface area contributed by atoms with Crippen molar-refractivity contribution in [3.63, 3.8) is 0 Å². The second-order valence-electron chi connectivity index (χ2n) is 6.72. The third kappa shape index (κ3) is 3.01. The van der Waals surface area contributed by atoms with Gasteiger partial charge in [-0.1, -0.05) is 23.7 Å². The molecule has 2 aromatic heterocycles. The summed E-state index contributed by atoms with van der Waals surface area (Å²) < 4.78 is 1.56. The third-order valence-electron chi connectivity index (χ3n) is 4.87. The number of benzene rings is 1. The van der Waals surface area contributed by atoms with Gasteiger partial charge in [-0.25, -0.2) is 9.50 Å². The number of likely N-dealkylation sites (tertiary alicyclic amines) is 1. The SMILES string of the molecule is Cc1cnc2c(Cl)c(C(=O)N3CCC(c4cccc(O)c4)CC3)nn2c1. The van der Waals surface area contributed by atoms with Crippen LogP contribution in [0.2, 0.25) is 5.02 Å². The van der Waals surface area contributed by atoms with E-state index in [-0.39, 0.29) is 17.4 Å². The molecule has 0 radical (unpaired) electrons. The highest BCUT2D eigenvalue weighted by Gasteiger charge is 2.28. The van der Waals surface area contributed by atoms with E-state index in [0.717, 1.165) is 24.0 Å². The van der Waals surface area contributed by atoms with Gasteiger partial charge in [0.1, 0.15) is 10.8 Å². The number of aryl methyl sites for hydroxylation is 1. The van der Waals surface area contributed by atoms with Crippen molar-refractivity contribution in [3.05, 3.63) is 58.5 Å². The van der Waals surface area contributed by atoms with E-state index in [1.54, 1.807) is 33.9 Å². The number of carbonyl (C=O) groups excluding carboxylic acids is 1. The second kappa shape index (κ2) is 6.61. The molecule has 0 saturated carbocycles. The van der Waals surface area contributed by atoms with E-state index in [1.165, 1.54) is 0 Å². The number of phenols is 1. The molecule has 7 heteroatoms. The van der Waals surface area contributed by atoms with Crippen molar-refractivity contribution in [2.75, 3.05) is 13.1 Å². The van der Waals surface area contributed by atoms with Crippen LogP contribution < -0.4 is 0 Å². The Morgan fingerprint density at radius 2 is 2.08 bits per heavy atom. The molecule has 1 N–H and O–H groups in total. The molecule has 26 heavy (non-hydrogen) atoms. The molecule has 1 saturated heterocycles. The van der Waals surface area contributed by atoms with Crippen molar-refractivity contribution < 1.29 is 9.90 Å². The maximum atomic E-state index is 12.9. The lowest BCUT2D eigenvalue weighted by Crippen LogP contribution is -2.38. The van der Waals surface area contributed by atoms with Crippen molar-refractivity contribution in [2.45, 2.75) is 25.7 Å². The summed E-state index contributed by atoms with van der Waals surface area (Å²) in [5, 5.41) is 14.3. The van der Waals surface area contributed by atoms with E-state index in [2.05, 4.69) is 10.1 Å². The van der Waals surface area contributed by atoms with Crippen LogP contribution in [0.25, 0.3) is 5.65 Å². The molecule has 1 amide bonds. The number of halogens is 1. The van der Waals surface area contributed by atoms with Crippen LogP contribution >= 0.6 is 11.6 Å². The predicted octanol–water partition coefficient (Wildman–Crippen LogP) is 3.42. The van der Waals surface area contributed by atoms with E-state index in [9.17, 15) is 9.90 Å². The summed E-state index contributed by atoms with van der Waals surface area (Å²) in [4.78, 5) is 18.9. The lowest BCUT2D eigenvalue weighted by Gasteiger charge is -2.31. The first kappa shape index (κ1) is 16.8. The maximum absolute atomic E-state index is 12.9. The van der Waals surface area contributed by atoms with Crippen LogP contribution in [0, 0.1) is 6.92 Å². The number of carbonyl (C=O) groups is 1. The molecule has 1 fully saturated rings. The zero-order valence-electron chi connectivity index (χ0n) is 14.4. The summed E-state index contributed by atoms with van der Waals surface area (Å²) in [5.74, 6) is 0.458. The molecule has 0 aliphatic carbocycles. The van der Waals surface area contributed by atoms with Crippen molar-refractivity contribution >= 4 is 23.2 Å². The number of aromatic nitrogens is 3. The minimum atomic E-state index is -0.160. The van der Waals surface area contributed by atoms with Crippen LogP contribution in [0.15, 0.2) is 36.7 Å². The van der Waals surface area contributed by atoms with Crippen LogP contribution in [0.4, 0.5) is 0 Å². The lowest BCUT2D eigenvalue weighted by molar-refractivity contribution is 0.0706. The van der Waals surface area contributed by atoms with E-state index in [4.69, 9.17) is 11.6 Å². The highest BCUT2D eigenvalue weighted by atomic mass is 35.5. The Hall–Kier alpha value is -2.60. The first-order valence-corrected chi connectivity index (χ1v) is 8.99. The van der Waals surface area contributed by atoms with Crippen LogP contribution in [0.5, 0.6) is 5.75 Å². The Labute approximate surface area is 156 Å². The van der Waals surface area contributed by atoms with E-state index >= 15 is 0 Å². The molecule has 1 aliphatic rings. The number of aromatic hydroxyl groups is 1. The fourth-order valence-electron chi connectivity index (χ4n) is 3.48. The number of hydrogen-bond donors (Lipinski definition) is 1. The molecular formula is C19H19ClN4O2. The summed E-state index contributed by atoms with van der Waals surface area (Å²) in [7, 11) is 0. The van der Waals surface area contributed by atoms with Crippen molar-refractivity contribution in [2.24, 2.45) is 0 Å². The van der Waals surface area contributed by atoms with Crippen molar-refractivity contribution in [1.29, 1.82) is 0 Å². The van der Waals surface area contributed by atoms with Gasteiger partial charge in [0, 0.05) is 25.5 Å². The highest BCUT2D eigenvalue weighted by molar-refractivity contribution is 6.36. The number of rotatable bonds is 2. The molecule has 0 unspecified atom stereocenters. The summed E-state index contributed by atoms with van der Waals surface area (Å²) >= 11 is 6.34. The van der Waals surface area contributed by atoms with Gasteiger partial charge in [-0.2, -0.15) is 5.10 Å². The zero-order valence-corrected chi connectivity index (χ0v) is 15.1. The number of hydrogen-bond acceptors (Lipinski definition) is 4. The van der Waals surface area contributed by atoms with Gasteiger partial charge in [0.25, 0.3) is 5.91 Å². The van der Waals surface area contributed by atoms with Crippen LogP contribution in [-0.2, 0) is 0 Å². The van der Waals surface area contributed by atoms with Crippen LogP contribution in [-0.4, -0.2) is 43.6 Å². The minimum Gasteiger partial charge on any atom is -0.508 e. The molecule has 1 aliphatic heterocycles. The molecule has 6 nitrogen and oxygen atoms in total. The monoisotopic (exact) mass is 370 g/mol. The van der Waals surface area contributed by atoms with E-state index in [1.807, 2.05) is 19.1 Å². The number of fused-ring (bicyclic) bond motifs is 1. The number of phenolic OH excluding ortho intramolecular Hbond substituents is 1. The first-order chi connectivity index (χ1) is 12.5. The average Bonchev–Trinajstić information content (AvgIpc) is 2.97. The number of piperidine rings is 1. The number of amides is 1. The lowest BCUT2D eigenvalue weighted by atomic mass is 9.89. The Morgan fingerprint density at radius 1 is 1.31 bits per heavy atom. The van der Waals surface area contributed by atoms with Gasteiger partial charge >= 0.3 is 0 Å². The normalized spacial score (nSPS) is 15.5. The minimum absolute atomic E-state index is 0.160. The van der Waals surface area contributed by atoms with Crippen molar-refractivity contribution in [1.82, 2.24) is 19.5 Å². The van der Waals surface area contributed by atoms with Gasteiger partial charge in [0.2, 0.25) is 0 Å².